The van der Waals surface area contributed by atoms with Crippen LogP contribution in [0.2, 0.25) is 0 Å². The van der Waals surface area contributed by atoms with Gasteiger partial charge < -0.3 is 5.32 Å². The number of hydrogen-bond donors (Lipinski definition) is 2. The fraction of sp³-hybridized carbons (Fsp3) is 0.727. The van der Waals surface area contributed by atoms with Gasteiger partial charge >= 0.3 is 0 Å². The number of rotatable bonds is 5. The van der Waals surface area contributed by atoms with E-state index in [0.29, 0.717) is 0 Å². The third-order valence-corrected chi connectivity index (χ3v) is 3.42. The number of nitrogens with one attached hydrogen (secondary N) is 2. The summed E-state index contributed by atoms with van der Waals surface area (Å²) < 4.78 is 23.8. The van der Waals surface area contributed by atoms with Gasteiger partial charge in [0.05, 0.1) is 12.8 Å². The smallest absolute Gasteiger partial charge is 0.235 e. The Hall–Kier alpha value is -0.880. The first kappa shape index (κ1) is 14.2. The third-order valence-electron chi connectivity index (χ3n) is 2.75. The summed E-state index contributed by atoms with van der Waals surface area (Å²) in [6.45, 7) is 1.73. The van der Waals surface area contributed by atoms with Gasteiger partial charge in [0, 0.05) is 6.04 Å². The van der Waals surface area contributed by atoms with Crippen LogP contribution < -0.4 is 10.0 Å². The normalized spacial score (nSPS) is 18.4. The molecule has 98 valence electrons. The topological polar surface area (TPSA) is 75.3 Å². The van der Waals surface area contributed by atoms with Crippen molar-refractivity contribution >= 4 is 15.9 Å². The molecule has 0 radical (unpaired) electrons. The van der Waals surface area contributed by atoms with Crippen molar-refractivity contribution in [3.8, 4) is 0 Å². The van der Waals surface area contributed by atoms with Crippen molar-refractivity contribution in [3.63, 3.8) is 0 Å². The first-order valence-corrected chi connectivity index (χ1v) is 7.70. The SMILES string of the molecule is C[C@@H](NC(=O)CNS(C)(=O)=O)C1=CCCCC1. The lowest BCUT2D eigenvalue weighted by molar-refractivity contribution is -0.120. The molecule has 0 fully saturated rings. The van der Waals surface area contributed by atoms with E-state index in [4.69, 9.17) is 0 Å². The summed E-state index contributed by atoms with van der Waals surface area (Å²) in [6.07, 6.45) is 7.65. The number of carbonyl (C=O) groups excluding carboxylic acids is 1. The van der Waals surface area contributed by atoms with Crippen LogP contribution in [0, 0.1) is 0 Å². The second kappa shape index (κ2) is 6.16. The fourth-order valence-corrected chi connectivity index (χ4v) is 2.23. The van der Waals surface area contributed by atoms with E-state index in [1.165, 1.54) is 12.0 Å². The number of amides is 1. The van der Waals surface area contributed by atoms with Crippen LogP contribution in [0.15, 0.2) is 11.6 Å². The average Bonchev–Trinajstić information content (AvgIpc) is 2.27. The van der Waals surface area contributed by atoms with E-state index < -0.39 is 10.0 Å². The monoisotopic (exact) mass is 260 g/mol. The largest absolute Gasteiger partial charge is 0.349 e. The molecular formula is C11H20N2O3S. The molecule has 1 aliphatic carbocycles. The Bertz CT molecular complexity index is 401. The Morgan fingerprint density at radius 2 is 2.18 bits per heavy atom. The molecule has 1 amide bonds. The van der Waals surface area contributed by atoms with Crippen LogP contribution in [0.4, 0.5) is 0 Å². The van der Waals surface area contributed by atoms with E-state index in [0.717, 1.165) is 25.5 Å². The summed E-state index contributed by atoms with van der Waals surface area (Å²) >= 11 is 0. The lowest BCUT2D eigenvalue weighted by atomic mass is 9.95. The molecule has 1 atom stereocenters. The van der Waals surface area contributed by atoms with Crippen LogP contribution in [0.25, 0.3) is 0 Å². The molecule has 17 heavy (non-hydrogen) atoms. The van der Waals surface area contributed by atoms with Crippen molar-refractivity contribution in [1.82, 2.24) is 10.0 Å². The van der Waals surface area contributed by atoms with Gasteiger partial charge in [0.25, 0.3) is 0 Å². The van der Waals surface area contributed by atoms with Gasteiger partial charge in [-0.2, -0.15) is 0 Å². The predicted octanol–water partition coefficient (Wildman–Crippen LogP) is 0.541. The summed E-state index contributed by atoms with van der Waals surface area (Å²) in [7, 11) is -3.31. The predicted molar refractivity (Wildman–Crippen MR) is 67.0 cm³/mol. The highest BCUT2D eigenvalue weighted by Gasteiger charge is 2.14. The maximum atomic E-state index is 11.5. The zero-order chi connectivity index (χ0) is 12.9. The van der Waals surface area contributed by atoms with Crippen molar-refractivity contribution in [1.29, 1.82) is 0 Å². The van der Waals surface area contributed by atoms with Crippen LogP contribution in [0.1, 0.15) is 32.6 Å². The average molecular weight is 260 g/mol. The van der Waals surface area contributed by atoms with Crippen molar-refractivity contribution < 1.29 is 13.2 Å². The van der Waals surface area contributed by atoms with E-state index in [9.17, 15) is 13.2 Å². The molecule has 0 unspecified atom stereocenters. The first-order valence-electron chi connectivity index (χ1n) is 5.81. The van der Waals surface area contributed by atoms with E-state index in [1.54, 1.807) is 0 Å². The molecule has 5 nitrogen and oxygen atoms in total. The molecule has 1 rings (SSSR count). The molecule has 6 heteroatoms. The molecule has 0 aromatic heterocycles. The Labute approximate surface area is 103 Å². The van der Waals surface area contributed by atoms with E-state index >= 15 is 0 Å². The van der Waals surface area contributed by atoms with Gasteiger partial charge in [-0.25, -0.2) is 13.1 Å². The summed E-state index contributed by atoms with van der Waals surface area (Å²) in [5.41, 5.74) is 1.24. The summed E-state index contributed by atoms with van der Waals surface area (Å²) in [4.78, 5) is 11.5. The van der Waals surface area contributed by atoms with Crippen molar-refractivity contribution in [2.45, 2.75) is 38.6 Å². The van der Waals surface area contributed by atoms with Gasteiger partial charge in [0.15, 0.2) is 0 Å². The number of sulfonamides is 1. The number of allylic oxidation sites excluding steroid dienone is 1. The minimum atomic E-state index is -3.31. The molecule has 0 heterocycles. The summed E-state index contributed by atoms with van der Waals surface area (Å²) in [5.74, 6) is -0.297. The van der Waals surface area contributed by atoms with Crippen LogP contribution in [-0.2, 0) is 14.8 Å². The molecule has 0 spiro atoms. The zero-order valence-electron chi connectivity index (χ0n) is 10.3. The molecule has 0 bridgehead atoms. The van der Waals surface area contributed by atoms with Crippen molar-refractivity contribution in [2.24, 2.45) is 0 Å². The molecule has 0 saturated carbocycles. The van der Waals surface area contributed by atoms with E-state index in [1.807, 2.05) is 6.92 Å². The maximum Gasteiger partial charge on any atom is 0.235 e. The maximum absolute atomic E-state index is 11.5. The lowest BCUT2D eigenvalue weighted by Gasteiger charge is -2.20. The van der Waals surface area contributed by atoms with E-state index in [2.05, 4.69) is 16.1 Å². The van der Waals surface area contributed by atoms with Crippen molar-refractivity contribution in [2.75, 3.05) is 12.8 Å². The van der Waals surface area contributed by atoms with Gasteiger partial charge in [-0.15, -0.1) is 0 Å². The first-order chi connectivity index (χ1) is 7.88. The van der Waals surface area contributed by atoms with Crippen molar-refractivity contribution in [3.05, 3.63) is 11.6 Å². The van der Waals surface area contributed by atoms with Gasteiger partial charge in [-0.05, 0) is 32.6 Å². The fourth-order valence-electron chi connectivity index (χ4n) is 1.84. The molecule has 0 saturated heterocycles. The zero-order valence-corrected chi connectivity index (χ0v) is 11.1. The van der Waals surface area contributed by atoms with Gasteiger partial charge in [-0.1, -0.05) is 11.6 Å². The van der Waals surface area contributed by atoms with Crippen LogP contribution >= 0.6 is 0 Å². The van der Waals surface area contributed by atoms with Crippen LogP contribution in [-0.4, -0.2) is 33.2 Å². The third kappa shape index (κ3) is 5.83. The number of carbonyl (C=O) groups is 1. The molecule has 0 aromatic carbocycles. The molecule has 0 aliphatic heterocycles. The molecular weight excluding hydrogens is 240 g/mol. The summed E-state index contributed by atoms with van der Waals surface area (Å²) in [5, 5.41) is 2.79. The minimum Gasteiger partial charge on any atom is -0.349 e. The Morgan fingerprint density at radius 1 is 1.47 bits per heavy atom. The minimum absolute atomic E-state index is 0.0100. The highest BCUT2D eigenvalue weighted by atomic mass is 32.2. The Kier molecular flexibility index (Phi) is 5.14. The van der Waals surface area contributed by atoms with Gasteiger partial charge in [0.1, 0.15) is 0 Å². The van der Waals surface area contributed by atoms with Crippen LogP contribution in [0.5, 0.6) is 0 Å². The highest BCUT2D eigenvalue weighted by molar-refractivity contribution is 7.88. The Morgan fingerprint density at radius 3 is 2.71 bits per heavy atom. The number of hydrogen-bond acceptors (Lipinski definition) is 3. The van der Waals surface area contributed by atoms with Gasteiger partial charge in [0.2, 0.25) is 15.9 Å². The molecule has 0 aromatic rings. The van der Waals surface area contributed by atoms with E-state index in [-0.39, 0.29) is 18.5 Å². The molecule has 2 N–H and O–H groups in total. The standard InChI is InChI=1S/C11H20N2O3S/c1-9(10-6-4-3-5-7-10)13-11(14)8-12-17(2,15)16/h6,9,12H,3-5,7-8H2,1-2H3,(H,13,14)/t9-/m1/s1. The molecule has 1 aliphatic rings. The summed E-state index contributed by atoms with van der Waals surface area (Å²) in [6, 6.07) is -0.0100. The Balaban J connectivity index is 2.37. The quantitative estimate of drug-likeness (QED) is 0.708. The van der Waals surface area contributed by atoms with Gasteiger partial charge in [-0.3, -0.25) is 4.79 Å². The second-order valence-electron chi connectivity index (χ2n) is 4.41. The van der Waals surface area contributed by atoms with Crippen LogP contribution in [0.3, 0.4) is 0 Å². The highest BCUT2D eigenvalue weighted by Crippen LogP contribution is 2.19. The lowest BCUT2D eigenvalue weighted by Crippen LogP contribution is -2.41. The second-order valence-corrected chi connectivity index (χ2v) is 6.24.